The van der Waals surface area contributed by atoms with Crippen molar-refractivity contribution in [1.82, 2.24) is 0 Å². The minimum atomic E-state index is 0.198. The van der Waals surface area contributed by atoms with E-state index >= 15 is 0 Å². The molecule has 2 aromatic carbocycles. The average Bonchev–Trinajstić information content (AvgIpc) is 2.37. The summed E-state index contributed by atoms with van der Waals surface area (Å²) in [5.74, 6) is 1.59. The van der Waals surface area contributed by atoms with Gasteiger partial charge in [-0.2, -0.15) is 0 Å². The maximum absolute atomic E-state index is 9.89. The molecular formula is C13H13BrO3. The molecular weight excluding hydrogens is 284 g/mol. The van der Waals surface area contributed by atoms with Gasteiger partial charge in [0.1, 0.15) is 17.2 Å². The average molecular weight is 297 g/mol. The summed E-state index contributed by atoms with van der Waals surface area (Å²) in [4.78, 5) is 0. The Morgan fingerprint density at radius 3 is 2.71 bits per heavy atom. The molecule has 4 heteroatoms. The minimum Gasteiger partial charge on any atom is -0.507 e. The summed E-state index contributed by atoms with van der Waals surface area (Å²) in [6, 6.07) is 8.98. The van der Waals surface area contributed by atoms with Crippen LogP contribution in [0.3, 0.4) is 0 Å². The number of rotatable bonds is 4. The minimum absolute atomic E-state index is 0.198. The molecule has 2 aromatic rings. The SMILES string of the molecule is COc1cccc2c(OCCBr)ccc(O)c12. The Kier molecular flexibility index (Phi) is 3.74. The Bertz CT molecular complexity index is 525. The van der Waals surface area contributed by atoms with Crippen molar-refractivity contribution in [3.8, 4) is 17.2 Å². The normalized spacial score (nSPS) is 10.5. The van der Waals surface area contributed by atoms with E-state index in [0.29, 0.717) is 17.7 Å². The van der Waals surface area contributed by atoms with Gasteiger partial charge in [-0.25, -0.2) is 0 Å². The fourth-order valence-electron chi connectivity index (χ4n) is 1.77. The lowest BCUT2D eigenvalue weighted by molar-refractivity contribution is 0.348. The first-order chi connectivity index (χ1) is 8.27. The number of hydrogen-bond donors (Lipinski definition) is 1. The van der Waals surface area contributed by atoms with Crippen molar-refractivity contribution in [2.75, 3.05) is 19.0 Å². The Hall–Kier alpha value is -1.42. The number of methoxy groups -OCH3 is 1. The molecule has 0 saturated carbocycles. The largest absolute Gasteiger partial charge is 0.507 e. The number of hydrogen-bond acceptors (Lipinski definition) is 3. The van der Waals surface area contributed by atoms with Crippen LogP contribution in [-0.4, -0.2) is 24.2 Å². The predicted molar refractivity (Wildman–Crippen MR) is 71.5 cm³/mol. The predicted octanol–water partition coefficient (Wildman–Crippen LogP) is 3.33. The van der Waals surface area contributed by atoms with Crippen molar-refractivity contribution in [2.45, 2.75) is 0 Å². The summed E-state index contributed by atoms with van der Waals surface area (Å²) >= 11 is 3.31. The van der Waals surface area contributed by atoms with Gasteiger partial charge in [0.2, 0.25) is 0 Å². The second-order valence-electron chi connectivity index (χ2n) is 3.50. The Balaban J connectivity index is 2.60. The first-order valence-corrected chi connectivity index (χ1v) is 6.37. The number of phenols is 1. The number of aromatic hydroxyl groups is 1. The molecule has 0 unspecified atom stereocenters. The number of phenolic OH excluding ortho intramolecular Hbond substituents is 1. The van der Waals surface area contributed by atoms with Crippen molar-refractivity contribution in [2.24, 2.45) is 0 Å². The van der Waals surface area contributed by atoms with Gasteiger partial charge in [0.25, 0.3) is 0 Å². The highest BCUT2D eigenvalue weighted by Crippen LogP contribution is 2.38. The number of benzene rings is 2. The third kappa shape index (κ3) is 2.31. The van der Waals surface area contributed by atoms with Crippen LogP contribution in [0.4, 0.5) is 0 Å². The highest BCUT2D eigenvalue weighted by Gasteiger charge is 2.10. The van der Waals surface area contributed by atoms with E-state index in [-0.39, 0.29) is 5.75 Å². The zero-order chi connectivity index (χ0) is 12.3. The van der Waals surface area contributed by atoms with Gasteiger partial charge >= 0.3 is 0 Å². The zero-order valence-corrected chi connectivity index (χ0v) is 11.0. The lowest BCUT2D eigenvalue weighted by Gasteiger charge is -2.11. The molecule has 1 N–H and O–H groups in total. The molecule has 0 amide bonds. The Labute approximate surface area is 108 Å². The number of halogens is 1. The van der Waals surface area contributed by atoms with Crippen molar-refractivity contribution < 1.29 is 14.6 Å². The van der Waals surface area contributed by atoms with Crippen LogP contribution >= 0.6 is 15.9 Å². The quantitative estimate of drug-likeness (QED) is 0.880. The van der Waals surface area contributed by atoms with E-state index in [1.165, 1.54) is 0 Å². The van der Waals surface area contributed by atoms with Gasteiger partial charge in [0.15, 0.2) is 0 Å². The van der Waals surface area contributed by atoms with Crippen molar-refractivity contribution in [1.29, 1.82) is 0 Å². The summed E-state index contributed by atoms with van der Waals surface area (Å²) in [7, 11) is 1.58. The first kappa shape index (κ1) is 12.0. The number of alkyl halides is 1. The summed E-state index contributed by atoms with van der Waals surface area (Å²) in [6.45, 7) is 0.580. The van der Waals surface area contributed by atoms with E-state index in [9.17, 15) is 5.11 Å². The van der Waals surface area contributed by atoms with E-state index in [2.05, 4.69) is 15.9 Å². The van der Waals surface area contributed by atoms with Crippen LogP contribution in [0, 0.1) is 0 Å². The molecule has 3 nitrogen and oxygen atoms in total. The van der Waals surface area contributed by atoms with Gasteiger partial charge in [0.05, 0.1) is 19.1 Å². The first-order valence-electron chi connectivity index (χ1n) is 5.25. The number of ether oxygens (including phenoxy) is 2. The Morgan fingerprint density at radius 2 is 2.00 bits per heavy atom. The van der Waals surface area contributed by atoms with Crippen LogP contribution in [-0.2, 0) is 0 Å². The molecule has 0 saturated heterocycles. The van der Waals surface area contributed by atoms with E-state index in [0.717, 1.165) is 16.5 Å². The van der Waals surface area contributed by atoms with Crippen LogP contribution < -0.4 is 9.47 Å². The Morgan fingerprint density at radius 1 is 1.18 bits per heavy atom. The maximum atomic E-state index is 9.89. The van der Waals surface area contributed by atoms with Crippen LogP contribution in [0.1, 0.15) is 0 Å². The molecule has 0 heterocycles. The summed E-state index contributed by atoms with van der Waals surface area (Å²) in [5.41, 5.74) is 0. The fourth-order valence-corrected chi connectivity index (χ4v) is 1.93. The van der Waals surface area contributed by atoms with Crippen molar-refractivity contribution in [3.63, 3.8) is 0 Å². The van der Waals surface area contributed by atoms with Crippen LogP contribution in [0.15, 0.2) is 30.3 Å². The molecule has 0 bridgehead atoms. The molecule has 0 aliphatic carbocycles. The van der Waals surface area contributed by atoms with Crippen molar-refractivity contribution in [3.05, 3.63) is 30.3 Å². The van der Waals surface area contributed by atoms with Gasteiger partial charge in [0, 0.05) is 10.7 Å². The van der Waals surface area contributed by atoms with E-state index in [1.54, 1.807) is 19.2 Å². The highest BCUT2D eigenvalue weighted by atomic mass is 79.9. The number of fused-ring (bicyclic) bond motifs is 1. The van der Waals surface area contributed by atoms with Gasteiger partial charge in [-0.15, -0.1) is 0 Å². The molecule has 0 aliphatic heterocycles. The topological polar surface area (TPSA) is 38.7 Å². The fraction of sp³-hybridized carbons (Fsp3) is 0.231. The summed E-state index contributed by atoms with van der Waals surface area (Å²) < 4.78 is 10.9. The molecule has 90 valence electrons. The van der Waals surface area contributed by atoms with E-state index in [4.69, 9.17) is 9.47 Å². The zero-order valence-electron chi connectivity index (χ0n) is 9.44. The van der Waals surface area contributed by atoms with Crippen molar-refractivity contribution >= 4 is 26.7 Å². The monoisotopic (exact) mass is 296 g/mol. The van der Waals surface area contributed by atoms with Crippen LogP contribution in [0.5, 0.6) is 17.2 Å². The van der Waals surface area contributed by atoms with Crippen LogP contribution in [0.25, 0.3) is 10.8 Å². The maximum Gasteiger partial charge on any atom is 0.130 e. The molecule has 0 aromatic heterocycles. The molecule has 0 spiro atoms. The molecule has 0 radical (unpaired) electrons. The molecule has 2 rings (SSSR count). The third-order valence-electron chi connectivity index (χ3n) is 2.50. The molecule has 0 fully saturated rings. The second-order valence-corrected chi connectivity index (χ2v) is 4.30. The summed E-state index contributed by atoms with van der Waals surface area (Å²) in [6.07, 6.45) is 0. The molecule has 0 aliphatic rings. The summed E-state index contributed by atoms with van der Waals surface area (Å²) in [5, 5.41) is 12.2. The van der Waals surface area contributed by atoms with Gasteiger partial charge in [-0.3, -0.25) is 0 Å². The lowest BCUT2D eigenvalue weighted by Crippen LogP contribution is -1.98. The standard InChI is InChI=1S/C13H13BrO3/c1-16-12-4-2-3-9-11(17-8-7-14)6-5-10(15)13(9)12/h2-6,15H,7-8H2,1H3. The molecule has 0 atom stereocenters. The third-order valence-corrected chi connectivity index (χ3v) is 2.82. The van der Waals surface area contributed by atoms with Gasteiger partial charge in [-0.1, -0.05) is 28.1 Å². The van der Waals surface area contributed by atoms with Crippen LogP contribution in [0.2, 0.25) is 0 Å². The van der Waals surface area contributed by atoms with Gasteiger partial charge in [-0.05, 0) is 18.2 Å². The second kappa shape index (κ2) is 5.27. The van der Waals surface area contributed by atoms with E-state index in [1.807, 2.05) is 18.2 Å². The smallest absolute Gasteiger partial charge is 0.130 e. The highest BCUT2D eigenvalue weighted by molar-refractivity contribution is 9.09. The lowest BCUT2D eigenvalue weighted by atomic mass is 10.1. The van der Waals surface area contributed by atoms with E-state index < -0.39 is 0 Å². The van der Waals surface area contributed by atoms with Gasteiger partial charge < -0.3 is 14.6 Å². The molecule has 17 heavy (non-hydrogen) atoms.